The van der Waals surface area contributed by atoms with E-state index in [-0.39, 0.29) is 11.3 Å². The average Bonchev–Trinajstić information content (AvgIpc) is 2.93. The largest absolute Gasteiger partial charge is 0.372 e. The third-order valence-electron chi connectivity index (χ3n) is 4.89. The minimum absolute atomic E-state index is 0.216. The standard InChI is InChI=1S/C22H15ClF2N2O3/c23-14-5-3-4-13(10-14)22(30)16-6-1-2-7-19(16)27(21(22)29)12-20(28)26-18-9-8-15(24)11-17(18)25/h1-11,30H,12H2,(H,26,28). The van der Waals surface area contributed by atoms with Gasteiger partial charge in [-0.05, 0) is 35.9 Å². The van der Waals surface area contributed by atoms with E-state index in [2.05, 4.69) is 5.32 Å². The normalized spacial score (nSPS) is 17.7. The van der Waals surface area contributed by atoms with Crippen molar-refractivity contribution in [1.82, 2.24) is 0 Å². The van der Waals surface area contributed by atoms with Crippen LogP contribution in [0.2, 0.25) is 5.02 Å². The fourth-order valence-corrected chi connectivity index (χ4v) is 3.70. The summed E-state index contributed by atoms with van der Waals surface area (Å²) in [5, 5.41) is 14.0. The molecular formula is C22H15ClF2N2O3. The highest BCUT2D eigenvalue weighted by Crippen LogP contribution is 2.44. The molecule has 0 bridgehead atoms. The van der Waals surface area contributed by atoms with Crippen LogP contribution in [0.15, 0.2) is 66.7 Å². The topological polar surface area (TPSA) is 69.6 Å². The summed E-state index contributed by atoms with van der Waals surface area (Å²) in [7, 11) is 0. The van der Waals surface area contributed by atoms with Crippen LogP contribution >= 0.6 is 11.6 Å². The summed E-state index contributed by atoms with van der Waals surface area (Å²) in [5.41, 5.74) is -1.33. The molecule has 1 aliphatic rings. The van der Waals surface area contributed by atoms with Gasteiger partial charge in [-0.1, -0.05) is 41.9 Å². The van der Waals surface area contributed by atoms with Crippen LogP contribution in [0.5, 0.6) is 0 Å². The molecule has 152 valence electrons. The van der Waals surface area contributed by atoms with E-state index in [9.17, 15) is 23.5 Å². The van der Waals surface area contributed by atoms with Crippen LogP contribution in [0.4, 0.5) is 20.2 Å². The van der Waals surface area contributed by atoms with Crippen molar-refractivity contribution in [2.24, 2.45) is 0 Å². The zero-order valence-electron chi connectivity index (χ0n) is 15.4. The maximum Gasteiger partial charge on any atom is 0.268 e. The van der Waals surface area contributed by atoms with Crippen molar-refractivity contribution < 1.29 is 23.5 Å². The Morgan fingerprint density at radius 2 is 1.83 bits per heavy atom. The van der Waals surface area contributed by atoms with Crippen LogP contribution in [0.25, 0.3) is 0 Å². The predicted octanol–water partition coefficient (Wildman–Crippen LogP) is 3.84. The summed E-state index contributed by atoms with van der Waals surface area (Å²) < 4.78 is 26.9. The molecule has 0 aromatic heterocycles. The van der Waals surface area contributed by atoms with Gasteiger partial charge in [-0.2, -0.15) is 0 Å². The highest BCUT2D eigenvalue weighted by Gasteiger charge is 2.51. The molecule has 0 saturated carbocycles. The first-order valence-corrected chi connectivity index (χ1v) is 9.33. The minimum atomic E-state index is -2.02. The van der Waals surface area contributed by atoms with Gasteiger partial charge in [0.15, 0.2) is 5.60 Å². The Bertz CT molecular complexity index is 1170. The number of hydrogen-bond donors (Lipinski definition) is 2. The maximum atomic E-state index is 13.8. The summed E-state index contributed by atoms with van der Waals surface area (Å²) in [6, 6.07) is 15.5. The number of para-hydroxylation sites is 1. The number of carbonyl (C=O) groups excluding carboxylic acids is 2. The minimum Gasteiger partial charge on any atom is -0.372 e. The molecule has 3 aromatic rings. The number of benzene rings is 3. The molecule has 1 aliphatic heterocycles. The maximum absolute atomic E-state index is 13.8. The van der Waals surface area contributed by atoms with Gasteiger partial charge in [-0.3, -0.25) is 14.5 Å². The lowest BCUT2D eigenvalue weighted by Gasteiger charge is -2.23. The predicted molar refractivity (Wildman–Crippen MR) is 108 cm³/mol. The lowest BCUT2D eigenvalue weighted by molar-refractivity contribution is -0.133. The molecule has 1 unspecified atom stereocenters. The van der Waals surface area contributed by atoms with E-state index in [1.807, 2.05) is 0 Å². The summed E-state index contributed by atoms with van der Waals surface area (Å²) in [5.74, 6) is -3.16. The van der Waals surface area contributed by atoms with Crippen LogP contribution in [-0.2, 0) is 15.2 Å². The number of amides is 2. The van der Waals surface area contributed by atoms with Crippen LogP contribution in [0.1, 0.15) is 11.1 Å². The molecule has 0 spiro atoms. The number of rotatable bonds is 4. The van der Waals surface area contributed by atoms with Crippen molar-refractivity contribution >= 4 is 34.8 Å². The monoisotopic (exact) mass is 428 g/mol. The molecule has 0 fully saturated rings. The van der Waals surface area contributed by atoms with Gasteiger partial charge in [-0.25, -0.2) is 8.78 Å². The van der Waals surface area contributed by atoms with Crippen LogP contribution < -0.4 is 10.2 Å². The average molecular weight is 429 g/mol. The van der Waals surface area contributed by atoms with Gasteiger partial charge in [-0.15, -0.1) is 0 Å². The first kappa shape index (κ1) is 20.0. The number of nitrogens with zero attached hydrogens (tertiary/aromatic N) is 1. The molecule has 0 radical (unpaired) electrons. The van der Waals surface area contributed by atoms with Crippen LogP contribution in [0, 0.1) is 11.6 Å². The Hall–Kier alpha value is -3.29. The number of hydrogen-bond acceptors (Lipinski definition) is 3. The fraction of sp³-hybridized carbons (Fsp3) is 0.0909. The number of halogens is 3. The first-order chi connectivity index (χ1) is 14.3. The van der Waals surface area contributed by atoms with E-state index < -0.39 is 35.6 Å². The molecule has 2 N–H and O–H groups in total. The second-order valence-corrected chi connectivity index (χ2v) is 7.24. The number of anilines is 2. The zero-order chi connectivity index (χ0) is 21.5. The molecule has 4 rings (SSSR count). The second kappa shape index (κ2) is 7.51. The zero-order valence-corrected chi connectivity index (χ0v) is 16.2. The highest BCUT2D eigenvalue weighted by molar-refractivity contribution is 6.30. The van der Waals surface area contributed by atoms with Gasteiger partial charge in [0.2, 0.25) is 5.91 Å². The van der Waals surface area contributed by atoms with E-state index in [0.29, 0.717) is 22.3 Å². The molecule has 8 heteroatoms. The fourth-order valence-electron chi connectivity index (χ4n) is 3.51. The third kappa shape index (κ3) is 3.32. The van der Waals surface area contributed by atoms with Crippen molar-refractivity contribution in [2.75, 3.05) is 16.8 Å². The lowest BCUT2D eigenvalue weighted by atomic mass is 9.87. The van der Waals surface area contributed by atoms with Gasteiger partial charge in [0.05, 0.1) is 11.4 Å². The molecule has 1 heterocycles. The van der Waals surface area contributed by atoms with E-state index >= 15 is 0 Å². The first-order valence-electron chi connectivity index (χ1n) is 8.95. The third-order valence-corrected chi connectivity index (χ3v) is 5.12. The van der Waals surface area contributed by atoms with E-state index in [1.165, 1.54) is 6.07 Å². The SMILES string of the molecule is O=C(CN1C(=O)C(O)(c2cccc(Cl)c2)c2ccccc21)Nc1ccc(F)cc1F. The van der Waals surface area contributed by atoms with Gasteiger partial charge in [0, 0.05) is 16.7 Å². The summed E-state index contributed by atoms with van der Waals surface area (Å²) in [6.45, 7) is -0.477. The van der Waals surface area contributed by atoms with E-state index in [4.69, 9.17) is 11.6 Å². The molecule has 30 heavy (non-hydrogen) atoms. The Labute approximate surface area is 175 Å². The molecule has 3 aromatic carbocycles. The van der Waals surface area contributed by atoms with Crippen molar-refractivity contribution in [1.29, 1.82) is 0 Å². The van der Waals surface area contributed by atoms with Crippen molar-refractivity contribution in [3.8, 4) is 0 Å². The molecule has 0 aliphatic carbocycles. The van der Waals surface area contributed by atoms with Crippen molar-refractivity contribution in [2.45, 2.75) is 5.60 Å². The smallest absolute Gasteiger partial charge is 0.268 e. The van der Waals surface area contributed by atoms with E-state index in [0.717, 1.165) is 17.0 Å². The molecule has 0 saturated heterocycles. The molecule has 5 nitrogen and oxygen atoms in total. The number of fused-ring (bicyclic) bond motifs is 1. The van der Waals surface area contributed by atoms with Crippen molar-refractivity contribution in [3.05, 3.63) is 94.5 Å². The highest BCUT2D eigenvalue weighted by atomic mass is 35.5. The second-order valence-electron chi connectivity index (χ2n) is 6.80. The van der Waals surface area contributed by atoms with Gasteiger partial charge in [0.1, 0.15) is 18.2 Å². The Kier molecular flexibility index (Phi) is 5.01. The van der Waals surface area contributed by atoms with Crippen LogP contribution in [0.3, 0.4) is 0 Å². The number of carbonyl (C=O) groups is 2. The molecule has 1 atom stereocenters. The summed E-state index contributed by atoms with van der Waals surface area (Å²) in [6.07, 6.45) is 0. The quantitative estimate of drug-likeness (QED) is 0.663. The van der Waals surface area contributed by atoms with Gasteiger partial charge < -0.3 is 10.4 Å². The number of nitrogens with one attached hydrogen (secondary N) is 1. The Balaban J connectivity index is 1.66. The van der Waals surface area contributed by atoms with E-state index in [1.54, 1.807) is 42.5 Å². The number of aliphatic hydroxyl groups is 1. The summed E-state index contributed by atoms with van der Waals surface area (Å²) >= 11 is 6.03. The molecule has 2 amide bonds. The summed E-state index contributed by atoms with van der Waals surface area (Å²) in [4.78, 5) is 26.8. The molecular weight excluding hydrogens is 414 g/mol. The Morgan fingerprint density at radius 3 is 2.57 bits per heavy atom. The lowest BCUT2D eigenvalue weighted by Crippen LogP contribution is -2.44. The van der Waals surface area contributed by atoms with Gasteiger partial charge >= 0.3 is 0 Å². The van der Waals surface area contributed by atoms with Gasteiger partial charge in [0.25, 0.3) is 5.91 Å². The Morgan fingerprint density at radius 1 is 1.07 bits per heavy atom. The van der Waals surface area contributed by atoms with Crippen LogP contribution in [-0.4, -0.2) is 23.5 Å². The van der Waals surface area contributed by atoms with Crippen molar-refractivity contribution in [3.63, 3.8) is 0 Å².